The highest BCUT2D eigenvalue weighted by Crippen LogP contribution is 2.33. The van der Waals surface area contributed by atoms with Crippen LogP contribution >= 0.6 is 15.9 Å². The van der Waals surface area contributed by atoms with E-state index in [2.05, 4.69) is 15.9 Å². The standard InChI is InChI=1S/C17H12BrFO/c18-15-8-4-3-7-14(15)17(20)13-9-10-16(19)12-6-2-1-5-11(12)13/h1-10,17,20H. The lowest BCUT2D eigenvalue weighted by Gasteiger charge is -2.16. The number of benzene rings is 3. The summed E-state index contributed by atoms with van der Waals surface area (Å²) in [5.41, 5.74) is 1.47. The number of hydrogen-bond acceptors (Lipinski definition) is 1. The highest BCUT2D eigenvalue weighted by atomic mass is 79.9. The van der Waals surface area contributed by atoms with Crippen LogP contribution in [0.1, 0.15) is 17.2 Å². The van der Waals surface area contributed by atoms with Gasteiger partial charge < -0.3 is 5.11 Å². The van der Waals surface area contributed by atoms with Crippen LogP contribution in [0.15, 0.2) is 65.1 Å². The van der Waals surface area contributed by atoms with Crippen LogP contribution in [-0.2, 0) is 0 Å². The Labute approximate surface area is 124 Å². The highest BCUT2D eigenvalue weighted by molar-refractivity contribution is 9.10. The van der Waals surface area contributed by atoms with E-state index in [0.29, 0.717) is 10.9 Å². The fraction of sp³-hybridized carbons (Fsp3) is 0.0588. The molecule has 0 aliphatic rings. The van der Waals surface area contributed by atoms with Crippen LogP contribution in [0, 0.1) is 5.82 Å². The van der Waals surface area contributed by atoms with Crippen LogP contribution in [0.5, 0.6) is 0 Å². The van der Waals surface area contributed by atoms with E-state index < -0.39 is 6.10 Å². The van der Waals surface area contributed by atoms with Gasteiger partial charge in [-0.25, -0.2) is 4.39 Å². The van der Waals surface area contributed by atoms with Gasteiger partial charge >= 0.3 is 0 Å². The van der Waals surface area contributed by atoms with Crippen molar-refractivity contribution in [2.24, 2.45) is 0 Å². The molecule has 0 amide bonds. The molecule has 3 aromatic rings. The number of rotatable bonds is 2. The predicted octanol–water partition coefficient (Wildman–Crippen LogP) is 4.82. The first-order valence-corrected chi connectivity index (χ1v) is 7.07. The molecular formula is C17H12BrFO. The maximum Gasteiger partial charge on any atom is 0.131 e. The van der Waals surface area contributed by atoms with Crippen molar-refractivity contribution >= 4 is 26.7 Å². The Hall–Kier alpha value is -1.71. The zero-order valence-electron chi connectivity index (χ0n) is 10.6. The third kappa shape index (κ3) is 2.23. The largest absolute Gasteiger partial charge is 0.384 e. The van der Waals surface area contributed by atoms with E-state index in [4.69, 9.17) is 0 Å². The van der Waals surface area contributed by atoms with Crippen molar-refractivity contribution in [3.05, 3.63) is 82.1 Å². The molecule has 3 aromatic carbocycles. The third-order valence-electron chi connectivity index (χ3n) is 3.40. The molecule has 0 aliphatic heterocycles. The summed E-state index contributed by atoms with van der Waals surface area (Å²) in [5, 5.41) is 11.9. The Morgan fingerprint density at radius 2 is 1.45 bits per heavy atom. The van der Waals surface area contributed by atoms with Gasteiger partial charge in [0, 0.05) is 9.86 Å². The molecule has 1 atom stereocenters. The topological polar surface area (TPSA) is 20.2 Å². The van der Waals surface area contributed by atoms with E-state index in [0.717, 1.165) is 15.4 Å². The van der Waals surface area contributed by atoms with Gasteiger partial charge in [0.05, 0.1) is 0 Å². The van der Waals surface area contributed by atoms with Gasteiger partial charge in [0.25, 0.3) is 0 Å². The van der Waals surface area contributed by atoms with Crippen molar-refractivity contribution in [2.75, 3.05) is 0 Å². The Bertz CT molecular complexity index is 770. The highest BCUT2D eigenvalue weighted by Gasteiger charge is 2.16. The average Bonchev–Trinajstić information content (AvgIpc) is 2.48. The predicted molar refractivity (Wildman–Crippen MR) is 82.1 cm³/mol. The van der Waals surface area contributed by atoms with E-state index in [1.807, 2.05) is 36.4 Å². The molecule has 0 saturated carbocycles. The third-order valence-corrected chi connectivity index (χ3v) is 4.12. The fourth-order valence-corrected chi connectivity index (χ4v) is 2.89. The van der Waals surface area contributed by atoms with E-state index in [-0.39, 0.29) is 5.82 Å². The second kappa shape index (κ2) is 5.35. The Kier molecular flexibility index (Phi) is 3.55. The van der Waals surface area contributed by atoms with Gasteiger partial charge in [-0.3, -0.25) is 0 Å². The number of aliphatic hydroxyl groups is 1. The van der Waals surface area contributed by atoms with Crippen LogP contribution in [-0.4, -0.2) is 5.11 Å². The summed E-state index contributed by atoms with van der Waals surface area (Å²) < 4.78 is 14.7. The lowest BCUT2D eigenvalue weighted by molar-refractivity contribution is 0.221. The molecule has 0 radical (unpaired) electrons. The average molecular weight is 331 g/mol. The maximum absolute atomic E-state index is 13.8. The molecule has 1 N–H and O–H groups in total. The normalized spacial score (nSPS) is 12.6. The van der Waals surface area contributed by atoms with E-state index in [9.17, 15) is 9.50 Å². The molecule has 0 fully saturated rings. The van der Waals surface area contributed by atoms with Crippen molar-refractivity contribution < 1.29 is 9.50 Å². The van der Waals surface area contributed by atoms with Crippen molar-refractivity contribution in [3.8, 4) is 0 Å². The summed E-state index contributed by atoms with van der Waals surface area (Å²) in [5.74, 6) is -0.274. The molecule has 1 nitrogen and oxygen atoms in total. The summed E-state index contributed by atoms with van der Waals surface area (Å²) in [6.07, 6.45) is -0.795. The Balaban J connectivity index is 2.20. The number of hydrogen-bond donors (Lipinski definition) is 1. The number of halogens is 2. The van der Waals surface area contributed by atoms with Gasteiger partial charge in [-0.2, -0.15) is 0 Å². The minimum atomic E-state index is -0.795. The monoisotopic (exact) mass is 330 g/mol. The van der Waals surface area contributed by atoms with Crippen LogP contribution < -0.4 is 0 Å². The maximum atomic E-state index is 13.8. The molecule has 3 heteroatoms. The first-order valence-electron chi connectivity index (χ1n) is 6.28. The van der Waals surface area contributed by atoms with Gasteiger partial charge in [0.1, 0.15) is 11.9 Å². The van der Waals surface area contributed by atoms with Crippen molar-refractivity contribution in [3.63, 3.8) is 0 Å². The smallest absolute Gasteiger partial charge is 0.131 e. The molecule has 100 valence electrons. The second-order valence-electron chi connectivity index (χ2n) is 4.61. The zero-order valence-corrected chi connectivity index (χ0v) is 12.1. The van der Waals surface area contributed by atoms with Crippen LogP contribution in [0.25, 0.3) is 10.8 Å². The van der Waals surface area contributed by atoms with E-state index in [1.54, 1.807) is 18.2 Å². The molecular weight excluding hydrogens is 319 g/mol. The van der Waals surface area contributed by atoms with Gasteiger partial charge in [-0.05, 0) is 28.6 Å². The van der Waals surface area contributed by atoms with Crippen molar-refractivity contribution in [1.82, 2.24) is 0 Å². The molecule has 3 rings (SSSR count). The quantitative estimate of drug-likeness (QED) is 0.714. The SMILES string of the molecule is OC(c1ccccc1Br)c1ccc(F)c2ccccc12. The lowest BCUT2D eigenvalue weighted by atomic mass is 9.96. The summed E-state index contributed by atoms with van der Waals surface area (Å²) >= 11 is 3.44. The molecule has 0 spiro atoms. The first-order chi connectivity index (χ1) is 9.68. The Morgan fingerprint density at radius 3 is 2.20 bits per heavy atom. The molecule has 1 unspecified atom stereocenters. The molecule has 0 saturated heterocycles. The van der Waals surface area contributed by atoms with Crippen LogP contribution in [0.4, 0.5) is 4.39 Å². The Morgan fingerprint density at radius 1 is 0.800 bits per heavy atom. The fourth-order valence-electron chi connectivity index (χ4n) is 2.39. The lowest BCUT2D eigenvalue weighted by Crippen LogP contribution is -2.02. The van der Waals surface area contributed by atoms with Gasteiger partial charge in [0.2, 0.25) is 0 Å². The number of aliphatic hydroxyl groups excluding tert-OH is 1. The van der Waals surface area contributed by atoms with Crippen molar-refractivity contribution in [2.45, 2.75) is 6.10 Å². The number of fused-ring (bicyclic) bond motifs is 1. The van der Waals surface area contributed by atoms with Gasteiger partial charge in [-0.15, -0.1) is 0 Å². The second-order valence-corrected chi connectivity index (χ2v) is 5.46. The molecule has 20 heavy (non-hydrogen) atoms. The van der Waals surface area contributed by atoms with Gasteiger partial charge in [0.15, 0.2) is 0 Å². The van der Waals surface area contributed by atoms with E-state index in [1.165, 1.54) is 6.07 Å². The molecule has 0 bridgehead atoms. The molecule has 0 aromatic heterocycles. The summed E-state index contributed by atoms with van der Waals surface area (Å²) in [6.45, 7) is 0. The van der Waals surface area contributed by atoms with Gasteiger partial charge in [-0.1, -0.05) is 64.5 Å². The first kappa shape index (κ1) is 13.3. The molecule has 0 heterocycles. The van der Waals surface area contributed by atoms with Crippen molar-refractivity contribution in [1.29, 1.82) is 0 Å². The molecule has 0 aliphatic carbocycles. The van der Waals surface area contributed by atoms with E-state index >= 15 is 0 Å². The zero-order chi connectivity index (χ0) is 14.1. The van der Waals surface area contributed by atoms with Crippen LogP contribution in [0.3, 0.4) is 0 Å². The minimum absolute atomic E-state index is 0.274. The summed E-state index contributed by atoms with van der Waals surface area (Å²) in [7, 11) is 0. The summed E-state index contributed by atoms with van der Waals surface area (Å²) in [6, 6.07) is 17.7. The van der Waals surface area contributed by atoms with Crippen LogP contribution in [0.2, 0.25) is 0 Å². The minimum Gasteiger partial charge on any atom is -0.384 e. The summed E-state index contributed by atoms with van der Waals surface area (Å²) in [4.78, 5) is 0.